The SMILES string of the molecule is CC(=O)Nc1cccc(C(C)NCCCCO)c1. The van der Waals surface area contributed by atoms with Gasteiger partial charge in [0.05, 0.1) is 0 Å². The minimum absolute atomic E-state index is 0.0595. The zero-order valence-corrected chi connectivity index (χ0v) is 11.1. The molecule has 0 spiro atoms. The van der Waals surface area contributed by atoms with Crippen molar-refractivity contribution in [2.45, 2.75) is 32.7 Å². The average Bonchev–Trinajstić information content (AvgIpc) is 2.34. The molecule has 0 aliphatic carbocycles. The molecular weight excluding hydrogens is 228 g/mol. The third-order valence-electron chi connectivity index (χ3n) is 2.74. The van der Waals surface area contributed by atoms with Crippen LogP contribution in [0.15, 0.2) is 24.3 Å². The Balaban J connectivity index is 2.51. The molecule has 0 aliphatic rings. The summed E-state index contributed by atoms with van der Waals surface area (Å²) in [7, 11) is 0. The van der Waals surface area contributed by atoms with Crippen molar-refractivity contribution in [3.63, 3.8) is 0 Å². The average molecular weight is 250 g/mol. The summed E-state index contributed by atoms with van der Waals surface area (Å²) in [5.74, 6) is -0.0595. The van der Waals surface area contributed by atoms with E-state index >= 15 is 0 Å². The van der Waals surface area contributed by atoms with Crippen LogP contribution in [0.1, 0.15) is 38.3 Å². The molecule has 0 bridgehead atoms. The second kappa shape index (κ2) is 7.84. The number of unbranched alkanes of at least 4 members (excludes halogenated alkanes) is 1. The van der Waals surface area contributed by atoms with E-state index in [1.165, 1.54) is 6.92 Å². The van der Waals surface area contributed by atoms with Gasteiger partial charge in [0.2, 0.25) is 5.91 Å². The number of hydrogen-bond acceptors (Lipinski definition) is 3. The van der Waals surface area contributed by atoms with Gasteiger partial charge in [-0.3, -0.25) is 4.79 Å². The van der Waals surface area contributed by atoms with Crippen LogP contribution >= 0.6 is 0 Å². The molecule has 0 radical (unpaired) electrons. The first-order valence-corrected chi connectivity index (χ1v) is 6.35. The van der Waals surface area contributed by atoms with E-state index in [2.05, 4.69) is 17.6 Å². The summed E-state index contributed by atoms with van der Waals surface area (Å²) in [4.78, 5) is 11.0. The summed E-state index contributed by atoms with van der Waals surface area (Å²) < 4.78 is 0. The molecule has 1 rings (SSSR count). The number of hydrogen-bond donors (Lipinski definition) is 3. The van der Waals surface area contributed by atoms with Crippen molar-refractivity contribution in [3.8, 4) is 0 Å². The molecule has 4 nitrogen and oxygen atoms in total. The van der Waals surface area contributed by atoms with Gasteiger partial charge in [-0.25, -0.2) is 0 Å². The maximum absolute atomic E-state index is 11.0. The van der Waals surface area contributed by atoms with Crippen molar-refractivity contribution in [1.82, 2.24) is 5.32 Å². The third-order valence-corrected chi connectivity index (χ3v) is 2.74. The lowest BCUT2D eigenvalue weighted by atomic mass is 10.1. The van der Waals surface area contributed by atoms with Crippen LogP contribution < -0.4 is 10.6 Å². The Kier molecular flexibility index (Phi) is 6.39. The summed E-state index contributed by atoms with van der Waals surface area (Å²) >= 11 is 0. The standard InChI is InChI=1S/C14H22N2O2/c1-11(15-8-3-4-9-17)13-6-5-7-14(10-13)16-12(2)18/h5-7,10-11,15,17H,3-4,8-9H2,1-2H3,(H,16,18). The van der Waals surface area contributed by atoms with E-state index in [1.807, 2.05) is 24.3 Å². The quantitative estimate of drug-likeness (QED) is 0.649. The van der Waals surface area contributed by atoms with Crippen molar-refractivity contribution in [3.05, 3.63) is 29.8 Å². The summed E-state index contributed by atoms with van der Waals surface area (Å²) in [6, 6.07) is 8.06. The lowest BCUT2D eigenvalue weighted by Crippen LogP contribution is -2.20. The molecule has 0 saturated carbocycles. The number of aliphatic hydroxyl groups excluding tert-OH is 1. The number of carbonyl (C=O) groups is 1. The molecule has 0 saturated heterocycles. The lowest BCUT2D eigenvalue weighted by Gasteiger charge is -2.15. The molecule has 1 aromatic rings. The van der Waals surface area contributed by atoms with E-state index in [0.717, 1.165) is 30.6 Å². The van der Waals surface area contributed by atoms with E-state index in [0.29, 0.717) is 0 Å². The van der Waals surface area contributed by atoms with Crippen LogP contribution in [0.4, 0.5) is 5.69 Å². The molecule has 0 heterocycles. The van der Waals surface area contributed by atoms with Gasteiger partial charge in [-0.05, 0) is 44.0 Å². The summed E-state index contributed by atoms with van der Waals surface area (Å²) in [5, 5.41) is 14.9. The molecule has 0 aromatic heterocycles. The highest BCUT2D eigenvalue weighted by molar-refractivity contribution is 5.88. The largest absolute Gasteiger partial charge is 0.396 e. The fourth-order valence-electron chi connectivity index (χ4n) is 1.76. The van der Waals surface area contributed by atoms with Crippen LogP contribution in [0.2, 0.25) is 0 Å². The molecule has 1 unspecified atom stereocenters. The number of benzene rings is 1. The smallest absolute Gasteiger partial charge is 0.221 e. The number of anilines is 1. The first-order chi connectivity index (χ1) is 8.63. The Morgan fingerprint density at radius 2 is 2.17 bits per heavy atom. The molecule has 0 fully saturated rings. The van der Waals surface area contributed by atoms with Gasteiger partial charge in [-0.15, -0.1) is 0 Å². The van der Waals surface area contributed by atoms with Crippen LogP contribution in [0.5, 0.6) is 0 Å². The van der Waals surface area contributed by atoms with Gasteiger partial charge in [-0.1, -0.05) is 12.1 Å². The number of amides is 1. The van der Waals surface area contributed by atoms with Crippen LogP contribution in [-0.4, -0.2) is 24.2 Å². The summed E-state index contributed by atoms with van der Waals surface area (Å²) in [5.41, 5.74) is 1.97. The predicted molar refractivity (Wildman–Crippen MR) is 73.5 cm³/mol. The maximum Gasteiger partial charge on any atom is 0.221 e. The molecule has 0 aliphatic heterocycles. The minimum Gasteiger partial charge on any atom is -0.396 e. The Morgan fingerprint density at radius 3 is 2.83 bits per heavy atom. The highest BCUT2D eigenvalue weighted by atomic mass is 16.2. The van der Waals surface area contributed by atoms with Crippen molar-refractivity contribution >= 4 is 11.6 Å². The summed E-state index contributed by atoms with van der Waals surface area (Å²) in [6.45, 7) is 4.72. The van der Waals surface area contributed by atoms with Crippen LogP contribution in [0.3, 0.4) is 0 Å². The van der Waals surface area contributed by atoms with E-state index in [4.69, 9.17) is 5.11 Å². The topological polar surface area (TPSA) is 61.4 Å². The van der Waals surface area contributed by atoms with Crippen LogP contribution in [0, 0.1) is 0 Å². The second-order valence-electron chi connectivity index (χ2n) is 4.41. The fourth-order valence-corrected chi connectivity index (χ4v) is 1.76. The Hall–Kier alpha value is -1.39. The number of rotatable bonds is 7. The molecule has 4 heteroatoms. The van der Waals surface area contributed by atoms with E-state index in [-0.39, 0.29) is 18.6 Å². The van der Waals surface area contributed by atoms with Gasteiger partial charge in [-0.2, -0.15) is 0 Å². The lowest BCUT2D eigenvalue weighted by molar-refractivity contribution is -0.114. The van der Waals surface area contributed by atoms with Crippen molar-refractivity contribution in [2.24, 2.45) is 0 Å². The minimum atomic E-state index is -0.0595. The number of nitrogens with one attached hydrogen (secondary N) is 2. The Bertz CT molecular complexity index is 380. The van der Waals surface area contributed by atoms with Crippen LogP contribution in [0.25, 0.3) is 0 Å². The highest BCUT2D eigenvalue weighted by Crippen LogP contribution is 2.17. The van der Waals surface area contributed by atoms with E-state index in [9.17, 15) is 4.79 Å². The first kappa shape index (κ1) is 14.7. The molecular formula is C14H22N2O2. The van der Waals surface area contributed by atoms with Gasteiger partial charge < -0.3 is 15.7 Å². The maximum atomic E-state index is 11.0. The van der Waals surface area contributed by atoms with Gasteiger partial charge >= 0.3 is 0 Å². The number of aliphatic hydroxyl groups is 1. The molecule has 18 heavy (non-hydrogen) atoms. The Labute approximate surface area is 108 Å². The molecule has 1 amide bonds. The Morgan fingerprint density at radius 1 is 1.39 bits per heavy atom. The fraction of sp³-hybridized carbons (Fsp3) is 0.500. The monoisotopic (exact) mass is 250 g/mol. The third kappa shape index (κ3) is 5.29. The first-order valence-electron chi connectivity index (χ1n) is 6.35. The van der Waals surface area contributed by atoms with Gasteiger partial charge in [0.15, 0.2) is 0 Å². The van der Waals surface area contributed by atoms with E-state index < -0.39 is 0 Å². The normalized spacial score (nSPS) is 12.2. The van der Waals surface area contributed by atoms with Crippen molar-refractivity contribution in [2.75, 3.05) is 18.5 Å². The predicted octanol–water partition coefficient (Wildman–Crippen LogP) is 2.07. The molecule has 100 valence electrons. The summed E-state index contributed by atoms with van der Waals surface area (Å²) in [6.07, 6.45) is 1.79. The van der Waals surface area contributed by atoms with Crippen molar-refractivity contribution in [1.29, 1.82) is 0 Å². The highest BCUT2D eigenvalue weighted by Gasteiger charge is 2.05. The van der Waals surface area contributed by atoms with Gasteiger partial charge in [0.1, 0.15) is 0 Å². The molecule has 1 aromatic carbocycles. The molecule has 1 atom stereocenters. The van der Waals surface area contributed by atoms with Gasteiger partial charge in [0, 0.05) is 25.3 Å². The van der Waals surface area contributed by atoms with E-state index in [1.54, 1.807) is 0 Å². The molecule has 3 N–H and O–H groups in total. The number of carbonyl (C=O) groups excluding carboxylic acids is 1. The van der Waals surface area contributed by atoms with Gasteiger partial charge in [0.25, 0.3) is 0 Å². The van der Waals surface area contributed by atoms with Crippen LogP contribution in [-0.2, 0) is 4.79 Å². The zero-order chi connectivity index (χ0) is 13.4. The van der Waals surface area contributed by atoms with Crippen molar-refractivity contribution < 1.29 is 9.90 Å². The second-order valence-corrected chi connectivity index (χ2v) is 4.41. The zero-order valence-electron chi connectivity index (χ0n) is 11.1.